The minimum atomic E-state index is -0.225. The van der Waals surface area contributed by atoms with E-state index in [2.05, 4.69) is 4.98 Å². The predicted molar refractivity (Wildman–Crippen MR) is 97.8 cm³/mol. The third kappa shape index (κ3) is 4.05. The van der Waals surface area contributed by atoms with Crippen LogP contribution in [-0.4, -0.2) is 41.8 Å². The number of aromatic nitrogens is 1. The Kier molecular flexibility index (Phi) is 5.43. The highest BCUT2D eigenvalue weighted by Crippen LogP contribution is 2.16. The summed E-state index contributed by atoms with van der Waals surface area (Å²) in [5.41, 5.74) is 1.60. The van der Waals surface area contributed by atoms with Gasteiger partial charge in [0.05, 0.1) is 0 Å². The maximum absolute atomic E-state index is 12.7. The minimum Gasteiger partial charge on any atom is -0.339 e. The highest BCUT2D eigenvalue weighted by atomic mass is 16.2. The second kappa shape index (κ2) is 7.92. The molecule has 3 rings (SSSR count). The summed E-state index contributed by atoms with van der Waals surface area (Å²) in [7, 11) is 1.71. The van der Waals surface area contributed by atoms with Crippen molar-refractivity contribution in [1.82, 2.24) is 9.88 Å². The summed E-state index contributed by atoms with van der Waals surface area (Å²) < 4.78 is 0. The van der Waals surface area contributed by atoms with Gasteiger partial charge in [-0.05, 0) is 37.1 Å². The van der Waals surface area contributed by atoms with Crippen molar-refractivity contribution in [2.75, 3.05) is 25.0 Å². The number of nitrogens with zero attached hydrogens (tertiary/aromatic N) is 3. The van der Waals surface area contributed by atoms with Gasteiger partial charge in [-0.1, -0.05) is 31.0 Å². The van der Waals surface area contributed by atoms with Gasteiger partial charge in [0.2, 0.25) is 0 Å². The summed E-state index contributed by atoms with van der Waals surface area (Å²) in [6.07, 6.45) is 5.97. The molecule has 5 heteroatoms. The molecule has 5 nitrogen and oxygen atoms in total. The van der Waals surface area contributed by atoms with Gasteiger partial charge in [0, 0.05) is 37.6 Å². The van der Waals surface area contributed by atoms with Gasteiger partial charge in [0.1, 0.15) is 5.69 Å². The first-order chi connectivity index (χ1) is 12.2. The fourth-order valence-corrected chi connectivity index (χ4v) is 3.08. The van der Waals surface area contributed by atoms with Gasteiger partial charge < -0.3 is 9.80 Å². The molecule has 1 aromatic heterocycles. The van der Waals surface area contributed by atoms with Crippen molar-refractivity contribution in [1.29, 1.82) is 0 Å². The van der Waals surface area contributed by atoms with Crippen molar-refractivity contribution in [3.8, 4) is 0 Å². The molecule has 0 spiro atoms. The normalized spacial score (nSPS) is 14.7. The number of anilines is 1. The fourth-order valence-electron chi connectivity index (χ4n) is 3.08. The molecule has 0 N–H and O–H groups in total. The molecule has 1 fully saturated rings. The van der Waals surface area contributed by atoms with Crippen LogP contribution >= 0.6 is 0 Å². The fraction of sp³-hybridized carbons (Fsp3) is 0.350. The Bertz CT molecular complexity index is 738. The van der Waals surface area contributed by atoms with E-state index in [4.69, 9.17) is 0 Å². The Morgan fingerprint density at radius 1 is 1.00 bits per heavy atom. The molecule has 0 unspecified atom stereocenters. The van der Waals surface area contributed by atoms with E-state index in [9.17, 15) is 9.59 Å². The Balaban J connectivity index is 1.78. The van der Waals surface area contributed by atoms with Gasteiger partial charge in [-0.2, -0.15) is 0 Å². The number of hydrogen-bond acceptors (Lipinski definition) is 3. The first kappa shape index (κ1) is 17.1. The van der Waals surface area contributed by atoms with Crippen LogP contribution in [0.2, 0.25) is 0 Å². The molecule has 25 heavy (non-hydrogen) atoms. The number of pyridine rings is 1. The van der Waals surface area contributed by atoms with Crippen LogP contribution < -0.4 is 4.90 Å². The summed E-state index contributed by atoms with van der Waals surface area (Å²) >= 11 is 0. The van der Waals surface area contributed by atoms with Crippen LogP contribution in [0.15, 0.2) is 48.7 Å². The molecule has 2 amide bonds. The number of rotatable bonds is 3. The highest BCUT2D eigenvalue weighted by Gasteiger charge is 2.20. The van der Waals surface area contributed by atoms with Crippen molar-refractivity contribution in [2.45, 2.75) is 25.7 Å². The van der Waals surface area contributed by atoms with Crippen LogP contribution in [-0.2, 0) is 0 Å². The molecule has 0 aliphatic carbocycles. The quantitative estimate of drug-likeness (QED) is 0.863. The summed E-state index contributed by atoms with van der Waals surface area (Å²) in [4.78, 5) is 33.0. The monoisotopic (exact) mass is 337 g/mol. The number of benzene rings is 1. The second-order valence-corrected chi connectivity index (χ2v) is 6.34. The van der Waals surface area contributed by atoms with E-state index in [0.717, 1.165) is 31.6 Å². The van der Waals surface area contributed by atoms with Crippen molar-refractivity contribution >= 4 is 17.5 Å². The Morgan fingerprint density at radius 3 is 2.36 bits per heavy atom. The van der Waals surface area contributed by atoms with Crippen LogP contribution in [0.4, 0.5) is 5.69 Å². The first-order valence-electron chi connectivity index (χ1n) is 8.75. The Labute approximate surface area is 148 Å². The zero-order valence-corrected chi connectivity index (χ0v) is 14.5. The van der Waals surface area contributed by atoms with Crippen molar-refractivity contribution < 1.29 is 9.59 Å². The average molecular weight is 337 g/mol. The van der Waals surface area contributed by atoms with E-state index in [1.54, 1.807) is 24.1 Å². The zero-order chi connectivity index (χ0) is 17.6. The summed E-state index contributed by atoms with van der Waals surface area (Å²) in [6, 6.07) is 12.7. The van der Waals surface area contributed by atoms with Crippen molar-refractivity contribution in [3.05, 3.63) is 59.9 Å². The van der Waals surface area contributed by atoms with Crippen LogP contribution in [0, 0.1) is 0 Å². The number of likely N-dealkylation sites (tertiary alicyclic amines) is 1. The number of carbonyl (C=O) groups excluding carboxylic acids is 2. The van der Waals surface area contributed by atoms with Gasteiger partial charge >= 0.3 is 0 Å². The molecule has 0 radical (unpaired) electrons. The van der Waals surface area contributed by atoms with E-state index in [1.807, 2.05) is 35.2 Å². The summed E-state index contributed by atoms with van der Waals surface area (Å²) in [5, 5.41) is 0. The SMILES string of the molecule is CN(C(=O)c1cc(C(=O)N2CCCCCC2)ccn1)c1ccccc1. The molecule has 1 aliphatic rings. The van der Waals surface area contributed by atoms with Gasteiger partial charge in [0.25, 0.3) is 11.8 Å². The van der Waals surface area contributed by atoms with Crippen molar-refractivity contribution in [3.63, 3.8) is 0 Å². The van der Waals surface area contributed by atoms with Crippen LogP contribution in [0.25, 0.3) is 0 Å². The van der Waals surface area contributed by atoms with Gasteiger partial charge in [0.15, 0.2) is 0 Å². The van der Waals surface area contributed by atoms with Crippen molar-refractivity contribution in [2.24, 2.45) is 0 Å². The largest absolute Gasteiger partial charge is 0.339 e. The van der Waals surface area contributed by atoms with Gasteiger partial charge in [-0.25, -0.2) is 0 Å². The number of carbonyl (C=O) groups is 2. The van der Waals surface area contributed by atoms with Crippen LogP contribution in [0.1, 0.15) is 46.5 Å². The van der Waals surface area contributed by atoms with E-state index >= 15 is 0 Å². The third-order valence-corrected chi connectivity index (χ3v) is 4.57. The molecule has 0 atom stereocenters. The van der Waals surface area contributed by atoms with Gasteiger partial charge in [-0.3, -0.25) is 14.6 Å². The lowest BCUT2D eigenvalue weighted by molar-refractivity contribution is 0.0761. The molecule has 1 aliphatic heterocycles. The smallest absolute Gasteiger partial charge is 0.276 e. The molecular weight excluding hydrogens is 314 g/mol. The molecule has 1 aromatic carbocycles. The lowest BCUT2D eigenvalue weighted by Gasteiger charge is -2.21. The number of amides is 2. The molecule has 130 valence electrons. The predicted octanol–water partition coefficient (Wildman–Crippen LogP) is 3.37. The van der Waals surface area contributed by atoms with E-state index < -0.39 is 0 Å². The summed E-state index contributed by atoms with van der Waals surface area (Å²) in [6.45, 7) is 1.57. The molecule has 0 bridgehead atoms. The molecular formula is C20H23N3O2. The maximum Gasteiger partial charge on any atom is 0.276 e. The van der Waals surface area contributed by atoms with E-state index in [1.165, 1.54) is 19.0 Å². The molecule has 2 heterocycles. The zero-order valence-electron chi connectivity index (χ0n) is 14.5. The lowest BCUT2D eigenvalue weighted by atomic mass is 10.1. The lowest BCUT2D eigenvalue weighted by Crippen LogP contribution is -2.32. The second-order valence-electron chi connectivity index (χ2n) is 6.34. The molecule has 1 saturated heterocycles. The maximum atomic E-state index is 12.7. The average Bonchev–Trinajstić information content (AvgIpc) is 2.96. The van der Waals surface area contributed by atoms with E-state index in [-0.39, 0.29) is 17.5 Å². The molecule has 0 saturated carbocycles. The minimum absolute atomic E-state index is 0.0132. The van der Waals surface area contributed by atoms with E-state index in [0.29, 0.717) is 5.56 Å². The summed E-state index contributed by atoms with van der Waals surface area (Å²) in [5.74, 6) is -0.238. The molecule has 2 aromatic rings. The standard InChI is InChI=1S/C20H23N3O2/c1-22(17-9-5-4-6-10-17)20(25)18-15-16(11-12-21-18)19(24)23-13-7-2-3-8-14-23/h4-6,9-12,15H,2-3,7-8,13-14H2,1H3. The van der Waals surface area contributed by atoms with Crippen LogP contribution in [0.3, 0.4) is 0 Å². The third-order valence-electron chi connectivity index (χ3n) is 4.57. The topological polar surface area (TPSA) is 53.5 Å². The van der Waals surface area contributed by atoms with Crippen LogP contribution in [0.5, 0.6) is 0 Å². The Hall–Kier alpha value is -2.69. The first-order valence-corrected chi connectivity index (χ1v) is 8.75. The Morgan fingerprint density at radius 2 is 1.68 bits per heavy atom. The number of hydrogen-bond donors (Lipinski definition) is 0. The highest BCUT2D eigenvalue weighted by molar-refractivity contribution is 6.06. The number of para-hydroxylation sites is 1. The van der Waals surface area contributed by atoms with Gasteiger partial charge in [-0.15, -0.1) is 0 Å².